The first kappa shape index (κ1) is 8.41. The van der Waals surface area contributed by atoms with Crippen LogP contribution in [0.4, 0.5) is 0 Å². The van der Waals surface area contributed by atoms with Crippen molar-refractivity contribution in [3.63, 3.8) is 0 Å². The quantitative estimate of drug-likeness (QED) is 0.716. The molecule has 2 aliphatic rings. The number of hydrogen-bond donors (Lipinski definition) is 1. The van der Waals surface area contributed by atoms with E-state index in [4.69, 9.17) is 5.73 Å². The summed E-state index contributed by atoms with van der Waals surface area (Å²) in [5.41, 5.74) is 5.92. The fraction of sp³-hybridized carbons (Fsp3) is 0.800. The van der Waals surface area contributed by atoms with Gasteiger partial charge >= 0.3 is 0 Å². The van der Waals surface area contributed by atoms with Crippen LogP contribution < -0.4 is 5.73 Å². The molecule has 3 rings (SSSR count). The third-order valence-corrected chi connectivity index (χ3v) is 3.48. The lowest BCUT2D eigenvalue weighted by Crippen LogP contribution is -2.15. The average molecular weight is 192 g/mol. The van der Waals surface area contributed by atoms with E-state index in [0.29, 0.717) is 12.0 Å². The number of fused-ring (bicyclic) bond motifs is 1. The van der Waals surface area contributed by atoms with Gasteiger partial charge in [-0.3, -0.25) is 0 Å². The SMILES string of the molecule is N[C@H]1CC[C@@H](c2nnc3n2CCC3)C1. The Morgan fingerprint density at radius 3 is 3.00 bits per heavy atom. The van der Waals surface area contributed by atoms with Crippen LogP contribution in [0.3, 0.4) is 0 Å². The van der Waals surface area contributed by atoms with Crippen molar-refractivity contribution in [3.8, 4) is 0 Å². The summed E-state index contributed by atoms with van der Waals surface area (Å²) in [5, 5.41) is 8.55. The van der Waals surface area contributed by atoms with Gasteiger partial charge < -0.3 is 10.3 Å². The highest BCUT2D eigenvalue weighted by Crippen LogP contribution is 2.33. The Morgan fingerprint density at radius 2 is 2.21 bits per heavy atom. The van der Waals surface area contributed by atoms with Gasteiger partial charge in [0.05, 0.1) is 0 Å². The van der Waals surface area contributed by atoms with E-state index < -0.39 is 0 Å². The number of rotatable bonds is 1. The van der Waals surface area contributed by atoms with Gasteiger partial charge in [0, 0.05) is 24.9 Å². The summed E-state index contributed by atoms with van der Waals surface area (Å²) in [5.74, 6) is 2.95. The standard InChI is InChI=1S/C10H16N4/c11-8-4-3-7(6-8)10-13-12-9-2-1-5-14(9)10/h7-8H,1-6,11H2/t7-,8+/m1/s1. The molecular weight excluding hydrogens is 176 g/mol. The van der Waals surface area contributed by atoms with E-state index in [1.54, 1.807) is 0 Å². The maximum absolute atomic E-state index is 5.92. The lowest BCUT2D eigenvalue weighted by molar-refractivity contribution is 0.587. The fourth-order valence-corrected chi connectivity index (χ4v) is 2.73. The number of aryl methyl sites for hydroxylation is 1. The highest BCUT2D eigenvalue weighted by molar-refractivity contribution is 5.08. The molecular formula is C10H16N4. The maximum Gasteiger partial charge on any atom is 0.136 e. The lowest BCUT2D eigenvalue weighted by Gasteiger charge is -2.09. The first-order valence-corrected chi connectivity index (χ1v) is 5.52. The smallest absolute Gasteiger partial charge is 0.136 e. The van der Waals surface area contributed by atoms with Crippen LogP contribution in [-0.4, -0.2) is 20.8 Å². The Morgan fingerprint density at radius 1 is 1.29 bits per heavy atom. The van der Waals surface area contributed by atoms with E-state index in [2.05, 4.69) is 14.8 Å². The normalized spacial score (nSPS) is 30.9. The second kappa shape index (κ2) is 3.05. The molecule has 0 aromatic carbocycles. The van der Waals surface area contributed by atoms with Gasteiger partial charge in [-0.25, -0.2) is 0 Å². The predicted octanol–water partition coefficient (Wildman–Crippen LogP) is 0.819. The lowest BCUT2D eigenvalue weighted by atomic mass is 10.1. The zero-order valence-electron chi connectivity index (χ0n) is 8.32. The minimum Gasteiger partial charge on any atom is -0.328 e. The summed E-state index contributed by atoms with van der Waals surface area (Å²) in [4.78, 5) is 0. The molecule has 0 amide bonds. The number of nitrogens with zero attached hydrogens (tertiary/aromatic N) is 3. The van der Waals surface area contributed by atoms with Crippen LogP contribution in [0.5, 0.6) is 0 Å². The molecule has 1 fully saturated rings. The van der Waals surface area contributed by atoms with Crippen molar-refractivity contribution in [1.82, 2.24) is 14.8 Å². The molecule has 0 saturated heterocycles. The Labute approximate surface area is 83.5 Å². The molecule has 1 aliphatic heterocycles. The molecule has 2 heterocycles. The van der Waals surface area contributed by atoms with Crippen molar-refractivity contribution in [2.75, 3.05) is 0 Å². The summed E-state index contributed by atoms with van der Waals surface area (Å²) in [6.07, 6.45) is 5.77. The van der Waals surface area contributed by atoms with Crippen molar-refractivity contribution >= 4 is 0 Å². The first-order chi connectivity index (χ1) is 6.84. The van der Waals surface area contributed by atoms with Gasteiger partial charge in [-0.05, 0) is 25.7 Å². The van der Waals surface area contributed by atoms with Crippen molar-refractivity contribution in [3.05, 3.63) is 11.6 Å². The highest BCUT2D eigenvalue weighted by atomic mass is 15.3. The van der Waals surface area contributed by atoms with Crippen LogP contribution in [0.1, 0.15) is 43.3 Å². The molecule has 1 aromatic rings. The summed E-state index contributed by atoms with van der Waals surface area (Å²) in [6.45, 7) is 1.11. The third kappa shape index (κ3) is 1.17. The fourth-order valence-electron chi connectivity index (χ4n) is 2.73. The molecule has 0 unspecified atom stereocenters. The van der Waals surface area contributed by atoms with Crippen molar-refractivity contribution in [1.29, 1.82) is 0 Å². The van der Waals surface area contributed by atoms with Gasteiger partial charge in [-0.1, -0.05) is 0 Å². The molecule has 14 heavy (non-hydrogen) atoms. The first-order valence-electron chi connectivity index (χ1n) is 5.52. The Kier molecular flexibility index (Phi) is 1.83. The van der Waals surface area contributed by atoms with E-state index in [1.165, 1.54) is 24.5 Å². The maximum atomic E-state index is 5.92. The van der Waals surface area contributed by atoms with Gasteiger partial charge in [-0.2, -0.15) is 0 Å². The molecule has 0 radical (unpaired) electrons. The number of aromatic nitrogens is 3. The molecule has 2 N–H and O–H groups in total. The van der Waals surface area contributed by atoms with Crippen molar-refractivity contribution in [2.24, 2.45) is 5.73 Å². The molecule has 1 aliphatic carbocycles. The van der Waals surface area contributed by atoms with Gasteiger partial charge in [-0.15, -0.1) is 10.2 Å². The predicted molar refractivity (Wildman–Crippen MR) is 52.9 cm³/mol. The third-order valence-electron chi connectivity index (χ3n) is 3.48. The molecule has 2 atom stereocenters. The van der Waals surface area contributed by atoms with Crippen molar-refractivity contribution in [2.45, 2.75) is 50.6 Å². The average Bonchev–Trinajstić information content (AvgIpc) is 2.77. The van der Waals surface area contributed by atoms with Crippen LogP contribution in [0.25, 0.3) is 0 Å². The zero-order chi connectivity index (χ0) is 9.54. The largest absolute Gasteiger partial charge is 0.328 e. The summed E-state index contributed by atoms with van der Waals surface area (Å²) in [7, 11) is 0. The van der Waals surface area contributed by atoms with E-state index in [9.17, 15) is 0 Å². The monoisotopic (exact) mass is 192 g/mol. The van der Waals surface area contributed by atoms with Crippen LogP contribution in [0, 0.1) is 0 Å². The van der Waals surface area contributed by atoms with E-state index >= 15 is 0 Å². The molecule has 4 nitrogen and oxygen atoms in total. The van der Waals surface area contributed by atoms with Crippen LogP contribution >= 0.6 is 0 Å². The molecule has 1 saturated carbocycles. The van der Waals surface area contributed by atoms with Crippen LogP contribution in [-0.2, 0) is 13.0 Å². The Bertz CT molecular complexity index is 344. The Balaban J connectivity index is 1.89. The molecule has 0 bridgehead atoms. The van der Waals surface area contributed by atoms with Crippen molar-refractivity contribution < 1.29 is 0 Å². The zero-order valence-corrected chi connectivity index (χ0v) is 8.32. The van der Waals surface area contributed by atoms with Gasteiger partial charge in [0.25, 0.3) is 0 Å². The molecule has 1 aromatic heterocycles. The summed E-state index contributed by atoms with van der Waals surface area (Å²) >= 11 is 0. The topological polar surface area (TPSA) is 56.7 Å². The summed E-state index contributed by atoms with van der Waals surface area (Å²) < 4.78 is 2.31. The summed E-state index contributed by atoms with van der Waals surface area (Å²) in [6, 6.07) is 0.384. The van der Waals surface area contributed by atoms with E-state index in [-0.39, 0.29) is 0 Å². The highest BCUT2D eigenvalue weighted by Gasteiger charge is 2.29. The number of nitrogens with two attached hydrogens (primary N) is 1. The van der Waals surface area contributed by atoms with Gasteiger partial charge in [0.15, 0.2) is 0 Å². The van der Waals surface area contributed by atoms with E-state index in [1.807, 2.05) is 0 Å². The van der Waals surface area contributed by atoms with Crippen LogP contribution in [0.15, 0.2) is 0 Å². The van der Waals surface area contributed by atoms with E-state index in [0.717, 1.165) is 25.8 Å². The minimum atomic E-state index is 0.384. The Hall–Kier alpha value is -0.900. The molecule has 0 spiro atoms. The number of hydrogen-bond acceptors (Lipinski definition) is 3. The second-order valence-electron chi connectivity index (χ2n) is 4.50. The minimum absolute atomic E-state index is 0.384. The molecule has 76 valence electrons. The molecule has 4 heteroatoms. The van der Waals surface area contributed by atoms with Gasteiger partial charge in [0.1, 0.15) is 11.6 Å². The van der Waals surface area contributed by atoms with Gasteiger partial charge in [0.2, 0.25) is 0 Å². The second-order valence-corrected chi connectivity index (χ2v) is 4.50. The van der Waals surface area contributed by atoms with Crippen LogP contribution in [0.2, 0.25) is 0 Å².